The molecule has 88 valence electrons. The van der Waals surface area contributed by atoms with E-state index in [1.807, 2.05) is 12.1 Å². The van der Waals surface area contributed by atoms with Crippen LogP contribution < -0.4 is 4.74 Å². The fourth-order valence-corrected chi connectivity index (χ4v) is 1.68. The van der Waals surface area contributed by atoms with Gasteiger partial charge in [-0.3, -0.25) is 0 Å². The Morgan fingerprint density at radius 3 is 2.35 bits per heavy atom. The lowest BCUT2D eigenvalue weighted by Gasteiger charge is -2.04. The van der Waals surface area contributed by atoms with Crippen molar-refractivity contribution in [1.82, 2.24) is 9.97 Å². The summed E-state index contributed by atoms with van der Waals surface area (Å²) in [5, 5.41) is 0. The third kappa shape index (κ3) is 3.53. The molecule has 0 saturated carbocycles. The number of hydrogen-bond acceptors (Lipinski definition) is 3. The van der Waals surface area contributed by atoms with Crippen LogP contribution in [0.4, 0.5) is 0 Å². The Morgan fingerprint density at radius 2 is 1.76 bits per heavy atom. The standard InChI is InChI=1S/C13H13BrN2O/c1-2-3-10-4-6-12(7-5-10)17-13-15-8-11(14)9-16-13/h4-9H,2-3H2,1H3. The Balaban J connectivity index is 2.05. The third-order valence-electron chi connectivity index (χ3n) is 2.27. The van der Waals surface area contributed by atoms with E-state index in [-0.39, 0.29) is 0 Å². The van der Waals surface area contributed by atoms with Gasteiger partial charge in [0.1, 0.15) is 5.75 Å². The minimum Gasteiger partial charge on any atom is -0.424 e. The molecule has 0 unspecified atom stereocenters. The summed E-state index contributed by atoms with van der Waals surface area (Å²) in [6.45, 7) is 2.17. The van der Waals surface area contributed by atoms with Crippen molar-refractivity contribution in [2.75, 3.05) is 0 Å². The van der Waals surface area contributed by atoms with Crippen molar-refractivity contribution in [2.24, 2.45) is 0 Å². The molecule has 0 fully saturated rings. The van der Waals surface area contributed by atoms with Crippen LogP contribution in [-0.4, -0.2) is 9.97 Å². The van der Waals surface area contributed by atoms with Gasteiger partial charge in [-0.25, -0.2) is 9.97 Å². The van der Waals surface area contributed by atoms with Gasteiger partial charge in [0.15, 0.2) is 0 Å². The van der Waals surface area contributed by atoms with E-state index in [9.17, 15) is 0 Å². The van der Waals surface area contributed by atoms with E-state index < -0.39 is 0 Å². The lowest BCUT2D eigenvalue weighted by molar-refractivity contribution is 0.441. The molecule has 2 aromatic rings. The van der Waals surface area contributed by atoms with E-state index in [4.69, 9.17) is 4.74 Å². The molecule has 1 aromatic carbocycles. The second kappa shape index (κ2) is 5.77. The molecule has 0 radical (unpaired) electrons. The predicted molar refractivity (Wildman–Crippen MR) is 70.2 cm³/mol. The van der Waals surface area contributed by atoms with Gasteiger partial charge >= 0.3 is 6.01 Å². The largest absolute Gasteiger partial charge is 0.424 e. The highest BCUT2D eigenvalue weighted by Gasteiger charge is 2.00. The summed E-state index contributed by atoms with van der Waals surface area (Å²) in [6, 6.07) is 8.37. The Morgan fingerprint density at radius 1 is 1.12 bits per heavy atom. The fourth-order valence-electron chi connectivity index (χ4n) is 1.47. The van der Waals surface area contributed by atoms with Crippen LogP contribution in [0.25, 0.3) is 0 Å². The van der Waals surface area contributed by atoms with E-state index in [1.165, 1.54) is 5.56 Å². The van der Waals surface area contributed by atoms with E-state index in [0.717, 1.165) is 23.1 Å². The summed E-state index contributed by atoms with van der Waals surface area (Å²) in [5.74, 6) is 0.757. The molecule has 17 heavy (non-hydrogen) atoms. The first-order chi connectivity index (χ1) is 8.28. The molecule has 0 amide bonds. The van der Waals surface area contributed by atoms with Gasteiger partial charge < -0.3 is 4.74 Å². The van der Waals surface area contributed by atoms with Crippen molar-refractivity contribution in [3.05, 3.63) is 46.7 Å². The smallest absolute Gasteiger partial charge is 0.321 e. The summed E-state index contributed by atoms with van der Waals surface area (Å²) in [6.07, 6.45) is 5.56. The SMILES string of the molecule is CCCc1ccc(Oc2ncc(Br)cn2)cc1. The van der Waals surface area contributed by atoms with Gasteiger partial charge in [-0.1, -0.05) is 25.5 Å². The van der Waals surface area contributed by atoms with Gasteiger partial charge in [0, 0.05) is 12.4 Å². The van der Waals surface area contributed by atoms with Gasteiger partial charge in [-0.05, 0) is 40.0 Å². The second-order valence-electron chi connectivity index (χ2n) is 3.68. The minimum atomic E-state index is 0.358. The molecule has 3 nitrogen and oxygen atoms in total. The van der Waals surface area contributed by atoms with Crippen LogP contribution in [0.1, 0.15) is 18.9 Å². The predicted octanol–water partition coefficient (Wildman–Crippen LogP) is 3.98. The van der Waals surface area contributed by atoms with Crippen molar-refractivity contribution in [2.45, 2.75) is 19.8 Å². The highest BCUT2D eigenvalue weighted by Crippen LogP contribution is 2.19. The quantitative estimate of drug-likeness (QED) is 0.855. The number of aryl methyl sites for hydroxylation is 1. The average molecular weight is 293 g/mol. The fraction of sp³-hybridized carbons (Fsp3) is 0.231. The van der Waals surface area contributed by atoms with Gasteiger partial charge in [-0.15, -0.1) is 0 Å². The maximum absolute atomic E-state index is 5.52. The van der Waals surface area contributed by atoms with Gasteiger partial charge in [0.05, 0.1) is 4.47 Å². The van der Waals surface area contributed by atoms with E-state index in [0.29, 0.717) is 6.01 Å². The second-order valence-corrected chi connectivity index (χ2v) is 4.60. The molecule has 1 aromatic heterocycles. The molecular weight excluding hydrogens is 280 g/mol. The Hall–Kier alpha value is -1.42. The van der Waals surface area contributed by atoms with Crippen LogP contribution in [0.15, 0.2) is 41.1 Å². The third-order valence-corrected chi connectivity index (χ3v) is 2.68. The molecule has 0 bridgehead atoms. The number of nitrogens with zero attached hydrogens (tertiary/aromatic N) is 2. The van der Waals surface area contributed by atoms with Crippen LogP contribution in [0.5, 0.6) is 11.8 Å². The monoisotopic (exact) mass is 292 g/mol. The maximum atomic E-state index is 5.52. The van der Waals surface area contributed by atoms with Crippen LogP contribution in [0, 0.1) is 0 Å². The van der Waals surface area contributed by atoms with E-state index in [1.54, 1.807) is 12.4 Å². The highest BCUT2D eigenvalue weighted by atomic mass is 79.9. The molecule has 1 heterocycles. The Bertz CT molecular complexity index is 468. The number of hydrogen-bond donors (Lipinski definition) is 0. The number of halogens is 1. The van der Waals surface area contributed by atoms with Crippen molar-refractivity contribution in [3.63, 3.8) is 0 Å². The minimum absolute atomic E-state index is 0.358. The lowest BCUT2D eigenvalue weighted by Crippen LogP contribution is -1.91. The molecule has 0 saturated heterocycles. The molecule has 0 aliphatic heterocycles. The maximum Gasteiger partial charge on any atom is 0.321 e. The first-order valence-corrected chi connectivity index (χ1v) is 6.31. The number of aromatic nitrogens is 2. The van der Waals surface area contributed by atoms with Crippen molar-refractivity contribution >= 4 is 15.9 Å². The van der Waals surface area contributed by atoms with Crippen LogP contribution in [0.2, 0.25) is 0 Å². The zero-order valence-electron chi connectivity index (χ0n) is 9.56. The molecular formula is C13H13BrN2O. The number of benzene rings is 1. The summed E-state index contributed by atoms with van der Waals surface area (Å²) < 4.78 is 6.36. The molecule has 4 heteroatoms. The van der Waals surface area contributed by atoms with Crippen LogP contribution in [0.3, 0.4) is 0 Å². The average Bonchev–Trinajstić information content (AvgIpc) is 2.35. The number of ether oxygens (including phenoxy) is 1. The normalized spacial score (nSPS) is 10.2. The van der Waals surface area contributed by atoms with E-state index >= 15 is 0 Å². The van der Waals surface area contributed by atoms with E-state index in [2.05, 4.69) is 45.0 Å². The molecule has 0 aliphatic rings. The lowest BCUT2D eigenvalue weighted by atomic mass is 10.1. The van der Waals surface area contributed by atoms with Gasteiger partial charge in [0.2, 0.25) is 0 Å². The molecule has 0 N–H and O–H groups in total. The Labute approximate surface area is 109 Å². The Kier molecular flexibility index (Phi) is 4.09. The van der Waals surface area contributed by atoms with Crippen LogP contribution >= 0.6 is 15.9 Å². The zero-order valence-corrected chi connectivity index (χ0v) is 11.1. The van der Waals surface area contributed by atoms with Gasteiger partial charge in [-0.2, -0.15) is 0 Å². The molecule has 0 spiro atoms. The number of rotatable bonds is 4. The highest BCUT2D eigenvalue weighted by molar-refractivity contribution is 9.10. The topological polar surface area (TPSA) is 35.0 Å². The first-order valence-electron chi connectivity index (χ1n) is 5.52. The van der Waals surface area contributed by atoms with Crippen molar-refractivity contribution < 1.29 is 4.74 Å². The summed E-state index contributed by atoms with van der Waals surface area (Å²) in [7, 11) is 0. The van der Waals surface area contributed by atoms with Crippen LogP contribution in [-0.2, 0) is 6.42 Å². The zero-order chi connectivity index (χ0) is 12.1. The van der Waals surface area contributed by atoms with Gasteiger partial charge in [0.25, 0.3) is 0 Å². The summed E-state index contributed by atoms with van der Waals surface area (Å²) >= 11 is 3.28. The molecule has 2 rings (SSSR count). The molecule has 0 atom stereocenters. The van der Waals surface area contributed by atoms with Crippen molar-refractivity contribution in [1.29, 1.82) is 0 Å². The summed E-state index contributed by atoms with van der Waals surface area (Å²) in [4.78, 5) is 8.10. The first kappa shape index (κ1) is 12.0. The van der Waals surface area contributed by atoms with Crippen molar-refractivity contribution in [3.8, 4) is 11.8 Å². The molecule has 0 aliphatic carbocycles. The summed E-state index contributed by atoms with van der Waals surface area (Å²) in [5.41, 5.74) is 1.32.